The van der Waals surface area contributed by atoms with Crippen molar-refractivity contribution in [2.24, 2.45) is 11.7 Å². The van der Waals surface area contributed by atoms with Crippen molar-refractivity contribution in [2.75, 3.05) is 32.8 Å². The van der Waals surface area contributed by atoms with Crippen LogP contribution in [0.4, 0.5) is 0 Å². The van der Waals surface area contributed by atoms with Crippen LogP contribution in [0.15, 0.2) is 0 Å². The molecule has 3 nitrogen and oxygen atoms in total. The molecule has 1 atom stereocenters. The van der Waals surface area contributed by atoms with E-state index in [4.69, 9.17) is 10.5 Å². The Morgan fingerprint density at radius 2 is 1.94 bits per heavy atom. The molecule has 0 aromatic rings. The third kappa shape index (κ3) is 3.44. The highest BCUT2D eigenvalue weighted by atomic mass is 16.5. The first-order valence-corrected chi connectivity index (χ1v) is 6.69. The summed E-state index contributed by atoms with van der Waals surface area (Å²) in [5.74, 6) is 0.922. The van der Waals surface area contributed by atoms with Crippen LogP contribution in [-0.2, 0) is 4.74 Å². The fourth-order valence-electron chi connectivity index (χ4n) is 2.48. The summed E-state index contributed by atoms with van der Waals surface area (Å²) in [6.45, 7) is 11.2. The van der Waals surface area contributed by atoms with Crippen LogP contribution < -0.4 is 5.73 Å². The fraction of sp³-hybridized carbons (Fsp3) is 1.00. The van der Waals surface area contributed by atoms with Gasteiger partial charge in [-0.25, -0.2) is 0 Å². The van der Waals surface area contributed by atoms with Gasteiger partial charge in [0.05, 0.1) is 12.1 Å². The first-order chi connectivity index (χ1) is 7.66. The fourth-order valence-corrected chi connectivity index (χ4v) is 2.48. The largest absolute Gasteiger partial charge is 0.380 e. The molecule has 16 heavy (non-hydrogen) atoms. The van der Waals surface area contributed by atoms with E-state index < -0.39 is 0 Å². The number of rotatable bonds is 6. The molecule has 0 saturated carbocycles. The predicted molar refractivity (Wildman–Crippen MR) is 68.5 cm³/mol. The summed E-state index contributed by atoms with van der Waals surface area (Å²) >= 11 is 0. The average Bonchev–Trinajstić information content (AvgIpc) is 2.36. The zero-order valence-corrected chi connectivity index (χ0v) is 11.2. The van der Waals surface area contributed by atoms with Gasteiger partial charge in [0.25, 0.3) is 0 Å². The molecule has 1 heterocycles. The van der Waals surface area contributed by atoms with E-state index in [1.165, 1.54) is 32.4 Å². The predicted octanol–water partition coefficient (Wildman–Crippen LogP) is 1.86. The summed E-state index contributed by atoms with van der Waals surface area (Å²) in [4.78, 5) is 2.52. The molecule has 0 bridgehead atoms. The van der Waals surface area contributed by atoms with Crippen molar-refractivity contribution < 1.29 is 4.74 Å². The van der Waals surface area contributed by atoms with Gasteiger partial charge in [-0.15, -0.1) is 0 Å². The van der Waals surface area contributed by atoms with Gasteiger partial charge in [0, 0.05) is 13.2 Å². The maximum atomic E-state index is 5.92. The normalized spacial score (nSPS) is 23.2. The van der Waals surface area contributed by atoms with Crippen molar-refractivity contribution in [1.82, 2.24) is 4.90 Å². The number of hydrogen-bond acceptors (Lipinski definition) is 3. The highest BCUT2D eigenvalue weighted by Crippen LogP contribution is 2.25. The Bertz CT molecular complexity index is 190. The molecule has 0 aromatic heterocycles. The van der Waals surface area contributed by atoms with Crippen LogP contribution in [0.3, 0.4) is 0 Å². The number of ether oxygens (including phenoxy) is 1. The van der Waals surface area contributed by atoms with Crippen molar-refractivity contribution in [3.63, 3.8) is 0 Å². The van der Waals surface area contributed by atoms with E-state index in [-0.39, 0.29) is 5.54 Å². The zero-order chi connectivity index (χ0) is 12.0. The van der Waals surface area contributed by atoms with Crippen LogP contribution in [0.2, 0.25) is 0 Å². The molecular weight excluding hydrogens is 200 g/mol. The second-order valence-corrected chi connectivity index (χ2v) is 5.18. The second kappa shape index (κ2) is 6.58. The van der Waals surface area contributed by atoms with Gasteiger partial charge < -0.3 is 10.5 Å². The lowest BCUT2D eigenvalue weighted by Gasteiger charge is -2.44. The third-order valence-corrected chi connectivity index (χ3v) is 4.01. The van der Waals surface area contributed by atoms with Crippen LogP contribution in [0, 0.1) is 5.92 Å². The minimum absolute atomic E-state index is 0.0364. The van der Waals surface area contributed by atoms with Gasteiger partial charge in [0.15, 0.2) is 0 Å². The summed E-state index contributed by atoms with van der Waals surface area (Å²) < 4.78 is 5.57. The number of piperidine rings is 1. The van der Waals surface area contributed by atoms with Gasteiger partial charge in [0.1, 0.15) is 0 Å². The molecule has 0 aromatic carbocycles. The topological polar surface area (TPSA) is 38.5 Å². The van der Waals surface area contributed by atoms with E-state index in [0.717, 1.165) is 19.1 Å². The highest BCUT2D eigenvalue weighted by Gasteiger charge is 2.33. The van der Waals surface area contributed by atoms with E-state index in [2.05, 4.69) is 18.7 Å². The Morgan fingerprint density at radius 1 is 1.31 bits per heavy atom. The minimum atomic E-state index is 0.0364. The molecule has 96 valence electrons. The van der Waals surface area contributed by atoms with Crippen molar-refractivity contribution in [1.29, 1.82) is 0 Å². The number of nitrogens with two attached hydrogens (primary N) is 1. The summed E-state index contributed by atoms with van der Waals surface area (Å²) in [6, 6.07) is 0. The molecule has 1 saturated heterocycles. The van der Waals surface area contributed by atoms with Crippen molar-refractivity contribution >= 4 is 0 Å². The molecule has 0 spiro atoms. The summed E-state index contributed by atoms with van der Waals surface area (Å²) in [6.07, 6.45) is 3.95. The van der Waals surface area contributed by atoms with E-state index in [1.54, 1.807) is 0 Å². The lowest BCUT2D eigenvalue weighted by molar-refractivity contribution is -0.00707. The standard InChI is InChI=1S/C13H28N2O/c1-4-12-6-8-15(9-7-12)13(3,10-14)11-16-5-2/h12H,4-11,14H2,1-3H3. The van der Waals surface area contributed by atoms with E-state index in [9.17, 15) is 0 Å². The van der Waals surface area contributed by atoms with Crippen LogP contribution in [0.25, 0.3) is 0 Å². The van der Waals surface area contributed by atoms with Crippen LogP contribution in [0.1, 0.15) is 40.0 Å². The van der Waals surface area contributed by atoms with Gasteiger partial charge in [-0.3, -0.25) is 4.90 Å². The molecule has 0 aliphatic carbocycles. The SMILES string of the molecule is CCOCC(C)(CN)N1CCC(CC)CC1. The van der Waals surface area contributed by atoms with Crippen molar-refractivity contribution in [3.05, 3.63) is 0 Å². The molecule has 0 amide bonds. The van der Waals surface area contributed by atoms with Gasteiger partial charge in [-0.05, 0) is 45.7 Å². The number of nitrogens with zero attached hydrogens (tertiary/aromatic N) is 1. The first kappa shape index (κ1) is 13.9. The van der Waals surface area contributed by atoms with E-state index in [1.807, 2.05) is 6.92 Å². The van der Waals surface area contributed by atoms with Crippen LogP contribution in [-0.4, -0.2) is 43.3 Å². The van der Waals surface area contributed by atoms with E-state index >= 15 is 0 Å². The Morgan fingerprint density at radius 3 is 2.38 bits per heavy atom. The molecule has 1 unspecified atom stereocenters. The van der Waals surface area contributed by atoms with Gasteiger partial charge >= 0.3 is 0 Å². The Labute approximate surface area is 100 Å². The smallest absolute Gasteiger partial charge is 0.0659 e. The monoisotopic (exact) mass is 228 g/mol. The highest BCUT2D eigenvalue weighted by molar-refractivity contribution is 4.90. The molecule has 1 rings (SSSR count). The number of hydrogen-bond donors (Lipinski definition) is 1. The third-order valence-electron chi connectivity index (χ3n) is 4.01. The summed E-state index contributed by atoms with van der Waals surface area (Å²) in [5.41, 5.74) is 5.96. The van der Waals surface area contributed by atoms with Gasteiger partial charge in [0.2, 0.25) is 0 Å². The molecule has 1 aliphatic rings. The maximum Gasteiger partial charge on any atom is 0.0659 e. The van der Waals surface area contributed by atoms with Crippen LogP contribution >= 0.6 is 0 Å². The van der Waals surface area contributed by atoms with Crippen LogP contribution in [0.5, 0.6) is 0 Å². The minimum Gasteiger partial charge on any atom is -0.380 e. The lowest BCUT2D eigenvalue weighted by Crippen LogP contribution is -2.57. The Hall–Kier alpha value is -0.120. The summed E-state index contributed by atoms with van der Waals surface area (Å²) in [7, 11) is 0. The average molecular weight is 228 g/mol. The zero-order valence-electron chi connectivity index (χ0n) is 11.2. The van der Waals surface area contributed by atoms with Gasteiger partial charge in [-0.2, -0.15) is 0 Å². The molecule has 1 aliphatic heterocycles. The second-order valence-electron chi connectivity index (χ2n) is 5.18. The molecular formula is C13H28N2O. The molecule has 2 N–H and O–H groups in total. The Balaban J connectivity index is 2.47. The number of likely N-dealkylation sites (tertiary alicyclic amines) is 1. The maximum absolute atomic E-state index is 5.92. The quantitative estimate of drug-likeness (QED) is 0.754. The van der Waals surface area contributed by atoms with Crippen molar-refractivity contribution in [3.8, 4) is 0 Å². The summed E-state index contributed by atoms with van der Waals surface area (Å²) in [5, 5.41) is 0. The Kier molecular flexibility index (Phi) is 5.73. The lowest BCUT2D eigenvalue weighted by atomic mass is 9.90. The van der Waals surface area contributed by atoms with Gasteiger partial charge in [-0.1, -0.05) is 13.3 Å². The first-order valence-electron chi connectivity index (χ1n) is 6.69. The van der Waals surface area contributed by atoms with Crippen molar-refractivity contribution in [2.45, 2.75) is 45.6 Å². The van der Waals surface area contributed by atoms with E-state index in [0.29, 0.717) is 6.54 Å². The molecule has 1 fully saturated rings. The molecule has 0 radical (unpaired) electrons. The molecule has 3 heteroatoms.